The van der Waals surface area contributed by atoms with Gasteiger partial charge in [0.15, 0.2) is 5.78 Å². The van der Waals surface area contributed by atoms with Gasteiger partial charge in [0.1, 0.15) is 11.5 Å². The molecular formula is C18H22N2O3. The number of hydrogen-bond donors (Lipinski definition) is 1. The molecule has 2 fully saturated rings. The fourth-order valence-electron chi connectivity index (χ4n) is 4.10. The van der Waals surface area contributed by atoms with E-state index in [4.69, 9.17) is 4.74 Å². The minimum atomic E-state index is -0.678. The van der Waals surface area contributed by atoms with E-state index in [-0.39, 0.29) is 11.7 Å². The van der Waals surface area contributed by atoms with E-state index in [1.165, 1.54) is 11.1 Å². The Hall–Kier alpha value is -1.72. The fourth-order valence-corrected chi connectivity index (χ4v) is 4.10. The third-order valence-corrected chi connectivity index (χ3v) is 5.44. The lowest BCUT2D eigenvalue weighted by molar-refractivity contribution is -0.130. The van der Waals surface area contributed by atoms with Gasteiger partial charge in [0, 0.05) is 26.1 Å². The summed E-state index contributed by atoms with van der Waals surface area (Å²) in [4.78, 5) is 27.7. The molecule has 1 N–H and O–H groups in total. The number of amides is 1. The van der Waals surface area contributed by atoms with Crippen LogP contribution in [-0.4, -0.2) is 55.0 Å². The number of nitrogens with zero attached hydrogens (tertiary/aromatic N) is 1. The number of ketones is 1. The second kappa shape index (κ2) is 5.73. The number of rotatable bonds is 2. The van der Waals surface area contributed by atoms with E-state index < -0.39 is 11.5 Å². The number of hydrogen-bond acceptors (Lipinski definition) is 4. The summed E-state index contributed by atoms with van der Waals surface area (Å²) in [5, 5.41) is 3.05. The molecule has 0 radical (unpaired) electrons. The van der Waals surface area contributed by atoms with Gasteiger partial charge in [-0.05, 0) is 24.0 Å². The fraction of sp³-hybridized carbons (Fsp3) is 0.556. The zero-order chi connectivity index (χ0) is 15.9. The predicted octanol–water partition coefficient (Wildman–Crippen LogP) is 0.561. The van der Waals surface area contributed by atoms with Crippen LogP contribution in [0.3, 0.4) is 0 Å². The number of ether oxygens (including phenoxy) is 1. The Balaban J connectivity index is 1.53. The highest BCUT2D eigenvalue weighted by Crippen LogP contribution is 2.35. The molecule has 1 aliphatic carbocycles. The third-order valence-electron chi connectivity index (χ3n) is 5.44. The van der Waals surface area contributed by atoms with Crippen molar-refractivity contribution < 1.29 is 14.3 Å². The van der Waals surface area contributed by atoms with E-state index in [0.717, 1.165) is 19.5 Å². The molecule has 0 bridgehead atoms. The Morgan fingerprint density at radius 2 is 1.91 bits per heavy atom. The van der Waals surface area contributed by atoms with Crippen LogP contribution in [0.25, 0.3) is 0 Å². The lowest BCUT2D eigenvalue weighted by Gasteiger charge is -2.33. The molecule has 2 saturated heterocycles. The Labute approximate surface area is 136 Å². The van der Waals surface area contributed by atoms with Gasteiger partial charge in [-0.1, -0.05) is 24.3 Å². The van der Waals surface area contributed by atoms with Crippen molar-refractivity contribution in [3.8, 4) is 0 Å². The minimum absolute atomic E-state index is 0.0866. The molecule has 122 valence electrons. The summed E-state index contributed by atoms with van der Waals surface area (Å²) < 4.78 is 5.34. The zero-order valence-corrected chi connectivity index (χ0v) is 13.2. The summed E-state index contributed by atoms with van der Waals surface area (Å²) in [6.07, 6.45) is 2.20. The van der Waals surface area contributed by atoms with Crippen LogP contribution >= 0.6 is 0 Å². The second-order valence-electron chi connectivity index (χ2n) is 6.85. The summed E-state index contributed by atoms with van der Waals surface area (Å²) in [7, 11) is 0. The largest absolute Gasteiger partial charge is 0.379 e. The molecule has 2 heterocycles. The summed E-state index contributed by atoms with van der Waals surface area (Å²) in [6.45, 7) is 3.49. The number of fused-ring (bicyclic) bond motifs is 1. The maximum atomic E-state index is 13.0. The van der Waals surface area contributed by atoms with Crippen molar-refractivity contribution in [3.05, 3.63) is 35.4 Å². The number of nitrogens with one attached hydrogen (secondary N) is 1. The molecule has 3 aliphatic rings. The lowest BCUT2D eigenvalue weighted by Crippen LogP contribution is -2.51. The number of aryl methyl sites for hydroxylation is 1. The molecule has 2 unspecified atom stereocenters. The summed E-state index contributed by atoms with van der Waals surface area (Å²) in [6, 6.07) is 8.23. The highest BCUT2D eigenvalue weighted by molar-refractivity contribution is 6.13. The van der Waals surface area contributed by atoms with Crippen LogP contribution in [0.15, 0.2) is 24.3 Å². The van der Waals surface area contributed by atoms with Gasteiger partial charge in [0.05, 0.1) is 13.2 Å². The van der Waals surface area contributed by atoms with Gasteiger partial charge in [0.25, 0.3) is 0 Å². The van der Waals surface area contributed by atoms with Crippen molar-refractivity contribution in [2.45, 2.75) is 24.8 Å². The highest BCUT2D eigenvalue weighted by Gasteiger charge is 2.53. The van der Waals surface area contributed by atoms with Crippen molar-refractivity contribution >= 4 is 11.7 Å². The maximum Gasteiger partial charge on any atom is 0.232 e. The quantitative estimate of drug-likeness (QED) is 0.811. The molecule has 5 nitrogen and oxygen atoms in total. The first-order chi connectivity index (χ1) is 11.2. The van der Waals surface area contributed by atoms with Gasteiger partial charge in [-0.3, -0.25) is 14.5 Å². The smallest absolute Gasteiger partial charge is 0.232 e. The summed E-state index contributed by atoms with van der Waals surface area (Å²) in [5.41, 5.74) is 1.82. The number of Topliss-reactive ketones (excluding diaryl/α,β-unsaturated/α-hetero) is 1. The van der Waals surface area contributed by atoms with Crippen molar-refractivity contribution in [2.24, 2.45) is 5.92 Å². The molecule has 23 heavy (non-hydrogen) atoms. The van der Waals surface area contributed by atoms with E-state index in [2.05, 4.69) is 22.3 Å². The Morgan fingerprint density at radius 3 is 2.70 bits per heavy atom. The number of morpholine rings is 1. The monoisotopic (exact) mass is 314 g/mol. The van der Waals surface area contributed by atoms with Gasteiger partial charge in [-0.15, -0.1) is 0 Å². The highest BCUT2D eigenvalue weighted by atomic mass is 16.5. The molecule has 0 saturated carbocycles. The van der Waals surface area contributed by atoms with Gasteiger partial charge in [0.2, 0.25) is 5.91 Å². The van der Waals surface area contributed by atoms with E-state index in [9.17, 15) is 9.59 Å². The van der Waals surface area contributed by atoms with Crippen molar-refractivity contribution in [2.75, 3.05) is 32.8 Å². The maximum absolute atomic E-state index is 13.0. The lowest BCUT2D eigenvalue weighted by atomic mass is 9.75. The van der Waals surface area contributed by atoms with Gasteiger partial charge < -0.3 is 10.1 Å². The van der Waals surface area contributed by atoms with Crippen LogP contribution in [-0.2, 0) is 27.2 Å². The third kappa shape index (κ3) is 2.58. The molecule has 1 aromatic carbocycles. The summed E-state index contributed by atoms with van der Waals surface area (Å²) >= 11 is 0. The Morgan fingerprint density at radius 1 is 1.17 bits per heavy atom. The van der Waals surface area contributed by atoms with Crippen LogP contribution in [0.1, 0.15) is 17.5 Å². The topological polar surface area (TPSA) is 58.6 Å². The van der Waals surface area contributed by atoms with Crippen LogP contribution in [0, 0.1) is 5.92 Å². The van der Waals surface area contributed by atoms with Gasteiger partial charge in [-0.25, -0.2) is 0 Å². The van der Waals surface area contributed by atoms with Crippen molar-refractivity contribution in [3.63, 3.8) is 0 Å². The first-order valence-corrected chi connectivity index (χ1v) is 8.41. The zero-order valence-electron chi connectivity index (χ0n) is 13.2. The summed E-state index contributed by atoms with van der Waals surface area (Å²) in [5.74, 6) is -0.539. The van der Waals surface area contributed by atoms with E-state index in [1.54, 1.807) is 0 Å². The Kier molecular flexibility index (Phi) is 3.70. The molecule has 0 aromatic heterocycles. The van der Waals surface area contributed by atoms with Crippen LogP contribution in [0.4, 0.5) is 0 Å². The van der Waals surface area contributed by atoms with E-state index >= 15 is 0 Å². The van der Waals surface area contributed by atoms with Crippen LogP contribution < -0.4 is 5.32 Å². The molecule has 2 aliphatic heterocycles. The van der Waals surface area contributed by atoms with Crippen molar-refractivity contribution in [1.29, 1.82) is 0 Å². The van der Waals surface area contributed by atoms with Crippen LogP contribution in [0.5, 0.6) is 0 Å². The second-order valence-corrected chi connectivity index (χ2v) is 6.85. The van der Waals surface area contributed by atoms with Gasteiger partial charge >= 0.3 is 0 Å². The average Bonchev–Trinajstić information content (AvgIpc) is 2.80. The first-order valence-electron chi connectivity index (χ1n) is 8.41. The number of carbonyl (C=O) groups excluding carboxylic acids is 2. The molecule has 4 rings (SSSR count). The Bertz CT molecular complexity index is 639. The molecular weight excluding hydrogens is 292 g/mol. The predicted molar refractivity (Wildman–Crippen MR) is 85.1 cm³/mol. The SMILES string of the molecule is O=C1NC2(CCc3ccccc3C2)C(=O)C1CN1CCOCC1. The minimum Gasteiger partial charge on any atom is -0.379 e. The molecule has 1 spiro atoms. The average molecular weight is 314 g/mol. The molecule has 2 atom stereocenters. The molecule has 5 heteroatoms. The normalized spacial score (nSPS) is 31.2. The van der Waals surface area contributed by atoms with Crippen LogP contribution in [0.2, 0.25) is 0 Å². The first kappa shape index (κ1) is 14.8. The van der Waals surface area contributed by atoms with Gasteiger partial charge in [-0.2, -0.15) is 0 Å². The van der Waals surface area contributed by atoms with Crippen molar-refractivity contribution in [1.82, 2.24) is 10.2 Å². The number of benzene rings is 1. The van der Waals surface area contributed by atoms with E-state index in [0.29, 0.717) is 32.6 Å². The molecule has 1 amide bonds. The van der Waals surface area contributed by atoms with E-state index in [1.807, 2.05) is 12.1 Å². The molecule has 1 aromatic rings. The number of carbonyl (C=O) groups is 2. The standard InChI is InChI=1S/C18H22N2O3/c21-16-15(12-20-7-9-23-10-8-20)17(22)19-18(16)6-5-13-3-1-2-4-14(13)11-18/h1-4,15H,5-12H2,(H,19,22).